The lowest BCUT2D eigenvalue weighted by atomic mass is 10.2. The van der Waals surface area contributed by atoms with Crippen LogP contribution in [0.3, 0.4) is 0 Å². The summed E-state index contributed by atoms with van der Waals surface area (Å²) in [5, 5.41) is 0.0409. The third-order valence-corrected chi connectivity index (χ3v) is 2.05. The monoisotopic (exact) mass is 245 g/mol. The van der Waals surface area contributed by atoms with Crippen molar-refractivity contribution in [2.75, 3.05) is 0 Å². The second kappa shape index (κ2) is 6.32. The molecule has 15 heavy (non-hydrogen) atoms. The summed E-state index contributed by atoms with van der Waals surface area (Å²) < 4.78 is 9.67. The second-order valence-corrected chi connectivity index (χ2v) is 3.09. The van der Waals surface area contributed by atoms with Gasteiger partial charge in [0.15, 0.2) is 0 Å². The minimum atomic E-state index is 0.0409. The van der Waals surface area contributed by atoms with Crippen LogP contribution in [0.15, 0.2) is 35.0 Å². The zero-order valence-electron chi connectivity index (χ0n) is 7.57. The van der Waals surface area contributed by atoms with E-state index in [4.69, 9.17) is 27.9 Å². The van der Waals surface area contributed by atoms with Gasteiger partial charge in [0, 0.05) is 5.56 Å². The fourth-order valence-corrected chi connectivity index (χ4v) is 1.08. The van der Waals surface area contributed by atoms with Gasteiger partial charge in [-0.25, -0.2) is 4.79 Å². The van der Waals surface area contributed by atoms with Crippen LogP contribution in [0.4, 0.5) is 0 Å². The Bertz CT molecular complexity index is 363. The molecule has 5 heteroatoms. The molecule has 0 saturated carbocycles. The molecule has 0 N–H and O–H groups in total. The maximum Gasteiger partial charge on any atom is 0.417 e. The average Bonchev–Trinajstić information content (AvgIpc) is 2.28. The standard InChI is InChI=1S/C10H7Cl2O3/c11-5-10(12)15-9-4-2-1-3-8(9)6-14-7-13/h1-5H,6H2/b10-5+. The van der Waals surface area contributed by atoms with E-state index in [0.29, 0.717) is 11.3 Å². The van der Waals surface area contributed by atoms with E-state index >= 15 is 0 Å². The molecule has 0 amide bonds. The Balaban J connectivity index is 2.81. The van der Waals surface area contributed by atoms with Crippen LogP contribution in [0, 0.1) is 0 Å². The molecule has 0 aromatic heterocycles. The first-order valence-electron chi connectivity index (χ1n) is 3.98. The van der Waals surface area contributed by atoms with E-state index in [-0.39, 0.29) is 11.8 Å². The Morgan fingerprint density at radius 1 is 1.47 bits per heavy atom. The minimum Gasteiger partial charge on any atom is -0.452 e. The van der Waals surface area contributed by atoms with E-state index in [9.17, 15) is 4.79 Å². The smallest absolute Gasteiger partial charge is 0.417 e. The van der Waals surface area contributed by atoms with Crippen molar-refractivity contribution in [3.8, 4) is 5.75 Å². The highest BCUT2D eigenvalue weighted by Crippen LogP contribution is 2.22. The molecule has 0 heterocycles. The Hall–Kier alpha value is -1.19. The fourth-order valence-electron chi connectivity index (χ4n) is 0.957. The number of benzene rings is 1. The maximum atomic E-state index is 9.92. The van der Waals surface area contributed by atoms with Crippen LogP contribution >= 0.6 is 23.2 Å². The van der Waals surface area contributed by atoms with Gasteiger partial charge < -0.3 is 9.47 Å². The largest absolute Gasteiger partial charge is 0.452 e. The van der Waals surface area contributed by atoms with Gasteiger partial charge in [0.05, 0.1) is 5.54 Å². The van der Waals surface area contributed by atoms with Gasteiger partial charge in [-0.15, -0.1) is 0 Å². The summed E-state index contributed by atoms with van der Waals surface area (Å²) in [7, 11) is 0. The van der Waals surface area contributed by atoms with Crippen LogP contribution in [-0.2, 0) is 16.1 Å². The van der Waals surface area contributed by atoms with Crippen molar-refractivity contribution in [3.05, 3.63) is 40.6 Å². The van der Waals surface area contributed by atoms with Gasteiger partial charge in [-0.3, -0.25) is 0 Å². The Labute approximate surface area is 97.2 Å². The van der Waals surface area contributed by atoms with Crippen LogP contribution in [0.1, 0.15) is 5.56 Å². The SMILES string of the molecule is O=[C]OCc1ccccc1O/C(Cl)=C/Cl. The highest BCUT2D eigenvalue weighted by atomic mass is 35.5. The van der Waals surface area contributed by atoms with Gasteiger partial charge >= 0.3 is 6.47 Å². The lowest BCUT2D eigenvalue weighted by molar-refractivity contribution is 0.262. The van der Waals surface area contributed by atoms with Crippen LogP contribution in [0.2, 0.25) is 0 Å². The Morgan fingerprint density at radius 3 is 2.87 bits per heavy atom. The van der Waals surface area contributed by atoms with Gasteiger partial charge in [0.2, 0.25) is 5.22 Å². The van der Waals surface area contributed by atoms with Crippen molar-refractivity contribution < 1.29 is 14.3 Å². The van der Waals surface area contributed by atoms with Crippen molar-refractivity contribution in [1.29, 1.82) is 0 Å². The van der Waals surface area contributed by atoms with Crippen molar-refractivity contribution in [2.24, 2.45) is 0 Å². The zero-order valence-corrected chi connectivity index (χ0v) is 9.09. The first-order valence-corrected chi connectivity index (χ1v) is 4.80. The third kappa shape index (κ3) is 3.81. The van der Waals surface area contributed by atoms with Gasteiger partial charge in [0.1, 0.15) is 12.4 Å². The molecule has 0 bridgehead atoms. The zero-order chi connectivity index (χ0) is 11.1. The number of hydrogen-bond acceptors (Lipinski definition) is 3. The Morgan fingerprint density at radius 2 is 2.20 bits per heavy atom. The van der Waals surface area contributed by atoms with Crippen LogP contribution < -0.4 is 4.74 Å². The molecule has 0 aliphatic heterocycles. The molecule has 0 aliphatic rings. The number of hydrogen-bond donors (Lipinski definition) is 0. The van der Waals surface area contributed by atoms with Crippen molar-refractivity contribution in [1.82, 2.24) is 0 Å². The van der Waals surface area contributed by atoms with Crippen LogP contribution in [0.25, 0.3) is 0 Å². The highest BCUT2D eigenvalue weighted by Gasteiger charge is 2.04. The molecule has 0 fully saturated rings. The van der Waals surface area contributed by atoms with E-state index in [1.807, 2.05) is 0 Å². The molecular formula is C10H7Cl2O3. The summed E-state index contributed by atoms with van der Waals surface area (Å²) in [4.78, 5) is 9.92. The molecule has 0 atom stereocenters. The fraction of sp³-hybridized carbons (Fsp3) is 0.100. The molecule has 1 aromatic rings. The van der Waals surface area contributed by atoms with E-state index in [1.54, 1.807) is 24.3 Å². The molecule has 0 unspecified atom stereocenters. The topological polar surface area (TPSA) is 35.5 Å². The summed E-state index contributed by atoms with van der Waals surface area (Å²) in [6, 6.07) is 6.98. The molecule has 79 valence electrons. The molecule has 0 aliphatic carbocycles. The summed E-state index contributed by atoms with van der Waals surface area (Å²) in [5.74, 6) is 0.481. The van der Waals surface area contributed by atoms with E-state index < -0.39 is 0 Å². The third-order valence-electron chi connectivity index (χ3n) is 1.55. The minimum absolute atomic E-state index is 0.0409. The number of ether oxygens (including phenoxy) is 2. The number of rotatable bonds is 5. The van der Waals surface area contributed by atoms with Crippen molar-refractivity contribution >= 4 is 29.7 Å². The molecule has 3 nitrogen and oxygen atoms in total. The van der Waals surface area contributed by atoms with Crippen molar-refractivity contribution in [3.63, 3.8) is 0 Å². The van der Waals surface area contributed by atoms with Crippen LogP contribution in [-0.4, -0.2) is 6.47 Å². The number of carbonyl (C=O) groups excluding carboxylic acids is 1. The summed E-state index contributed by atoms with van der Waals surface area (Å²) in [6.07, 6.45) is 0. The van der Waals surface area contributed by atoms with Crippen LogP contribution in [0.5, 0.6) is 5.75 Å². The molecule has 1 rings (SSSR count). The first-order chi connectivity index (χ1) is 7.27. The second-order valence-electron chi connectivity index (χ2n) is 2.50. The Kier molecular flexibility index (Phi) is 5.01. The van der Waals surface area contributed by atoms with Gasteiger partial charge in [-0.2, -0.15) is 0 Å². The first kappa shape index (κ1) is 11.9. The normalized spacial score (nSPS) is 10.9. The lowest BCUT2D eigenvalue weighted by Gasteiger charge is -2.08. The van der Waals surface area contributed by atoms with E-state index in [2.05, 4.69) is 4.74 Å². The maximum absolute atomic E-state index is 9.92. The van der Waals surface area contributed by atoms with Gasteiger partial charge in [0.25, 0.3) is 0 Å². The lowest BCUT2D eigenvalue weighted by Crippen LogP contribution is -1.96. The quantitative estimate of drug-likeness (QED) is 0.749. The number of halogens is 2. The predicted molar refractivity (Wildman–Crippen MR) is 57.3 cm³/mol. The summed E-state index contributed by atoms with van der Waals surface area (Å²) in [5.41, 5.74) is 1.78. The molecule has 0 spiro atoms. The molecular weight excluding hydrogens is 239 g/mol. The van der Waals surface area contributed by atoms with E-state index in [0.717, 1.165) is 5.54 Å². The average molecular weight is 246 g/mol. The predicted octanol–water partition coefficient (Wildman–Crippen LogP) is 2.93. The highest BCUT2D eigenvalue weighted by molar-refractivity contribution is 6.35. The molecule has 0 saturated heterocycles. The summed E-state index contributed by atoms with van der Waals surface area (Å²) in [6.45, 7) is 1.41. The van der Waals surface area contributed by atoms with E-state index in [1.165, 1.54) is 6.47 Å². The summed E-state index contributed by atoms with van der Waals surface area (Å²) >= 11 is 10.9. The van der Waals surface area contributed by atoms with Gasteiger partial charge in [-0.1, -0.05) is 29.8 Å². The molecule has 1 radical (unpaired) electrons. The number of para-hydroxylation sites is 1. The van der Waals surface area contributed by atoms with Crippen molar-refractivity contribution in [2.45, 2.75) is 6.61 Å². The van der Waals surface area contributed by atoms with Gasteiger partial charge in [-0.05, 0) is 17.7 Å². The molecule has 1 aromatic carbocycles.